The zero-order valence-corrected chi connectivity index (χ0v) is 9.84. The fourth-order valence-corrected chi connectivity index (χ4v) is 1.41. The average molecular weight is 233 g/mol. The van der Waals surface area contributed by atoms with Crippen LogP contribution in [0.2, 0.25) is 0 Å². The molecule has 0 aromatic carbocycles. The fraction of sp³-hybridized carbons (Fsp3) is 0.364. The molecule has 1 heterocycles. The Morgan fingerprint density at radius 1 is 1.59 bits per heavy atom. The molecule has 6 nitrogen and oxygen atoms in total. The topological polar surface area (TPSA) is 109 Å². The average Bonchev–Trinajstić information content (AvgIpc) is 2.26. The van der Waals surface area contributed by atoms with Gasteiger partial charge in [0.1, 0.15) is 11.9 Å². The zero-order valence-electron chi connectivity index (χ0n) is 9.84. The molecule has 90 valence electrons. The van der Waals surface area contributed by atoms with E-state index in [2.05, 4.69) is 4.98 Å². The lowest BCUT2D eigenvalue weighted by molar-refractivity contribution is -0.116. The first kappa shape index (κ1) is 12.8. The maximum absolute atomic E-state index is 11.0. The van der Waals surface area contributed by atoms with E-state index in [0.29, 0.717) is 11.5 Å². The Labute approximate surface area is 99.8 Å². The van der Waals surface area contributed by atoms with Crippen LogP contribution in [0.5, 0.6) is 0 Å². The van der Waals surface area contributed by atoms with Crippen LogP contribution in [0.4, 0.5) is 11.5 Å². The Hall–Kier alpha value is -2.29. The summed E-state index contributed by atoms with van der Waals surface area (Å²) in [6.07, 6.45) is 0. The molecular formula is C11H15N5O. The first-order valence-corrected chi connectivity index (χ1v) is 5.17. The molecule has 6 heteroatoms. The number of nitrogens with two attached hydrogens (primary N) is 2. The van der Waals surface area contributed by atoms with Gasteiger partial charge in [-0.15, -0.1) is 0 Å². The maximum atomic E-state index is 11.0. The van der Waals surface area contributed by atoms with Crippen LogP contribution in [0, 0.1) is 11.3 Å². The van der Waals surface area contributed by atoms with Crippen molar-refractivity contribution < 1.29 is 4.79 Å². The molecule has 0 aliphatic carbocycles. The molecule has 0 atom stereocenters. The number of hydrogen-bond acceptors (Lipinski definition) is 5. The van der Waals surface area contributed by atoms with Crippen molar-refractivity contribution in [2.24, 2.45) is 5.73 Å². The normalized spacial score (nSPS) is 10.0. The lowest BCUT2D eigenvalue weighted by Gasteiger charge is -2.26. The van der Waals surface area contributed by atoms with Crippen LogP contribution in [-0.4, -0.2) is 23.5 Å². The number of nitrogen functional groups attached to an aromatic ring is 1. The number of anilines is 2. The van der Waals surface area contributed by atoms with E-state index in [0.717, 1.165) is 0 Å². The Bertz CT molecular complexity index is 463. The molecule has 17 heavy (non-hydrogen) atoms. The number of nitrogens with zero attached hydrogens (tertiary/aromatic N) is 3. The van der Waals surface area contributed by atoms with Crippen LogP contribution < -0.4 is 16.4 Å². The van der Waals surface area contributed by atoms with E-state index in [1.807, 2.05) is 19.9 Å². The third kappa shape index (κ3) is 3.08. The van der Waals surface area contributed by atoms with Crippen molar-refractivity contribution in [3.8, 4) is 6.07 Å². The highest BCUT2D eigenvalue weighted by molar-refractivity contribution is 5.79. The second kappa shape index (κ2) is 5.16. The van der Waals surface area contributed by atoms with E-state index in [1.54, 1.807) is 17.0 Å². The van der Waals surface area contributed by atoms with Crippen LogP contribution in [-0.2, 0) is 4.79 Å². The van der Waals surface area contributed by atoms with Crippen LogP contribution in [0.15, 0.2) is 12.1 Å². The molecule has 0 aliphatic heterocycles. The Balaban J connectivity index is 3.11. The van der Waals surface area contributed by atoms with Gasteiger partial charge in [0.25, 0.3) is 0 Å². The van der Waals surface area contributed by atoms with Crippen molar-refractivity contribution in [1.29, 1.82) is 5.26 Å². The largest absolute Gasteiger partial charge is 0.396 e. The lowest BCUT2D eigenvalue weighted by Crippen LogP contribution is -2.39. The van der Waals surface area contributed by atoms with Gasteiger partial charge in [0.15, 0.2) is 5.69 Å². The first-order chi connectivity index (χ1) is 7.95. The molecule has 0 saturated carbocycles. The number of rotatable bonds is 4. The predicted octanol–water partition coefficient (Wildman–Crippen LogP) is 0.236. The predicted molar refractivity (Wildman–Crippen MR) is 65.0 cm³/mol. The lowest BCUT2D eigenvalue weighted by atomic mass is 10.2. The quantitative estimate of drug-likeness (QED) is 0.774. The van der Waals surface area contributed by atoms with E-state index in [9.17, 15) is 4.79 Å². The number of nitriles is 1. The van der Waals surface area contributed by atoms with Gasteiger partial charge in [-0.25, -0.2) is 4.98 Å². The van der Waals surface area contributed by atoms with E-state index < -0.39 is 5.91 Å². The molecule has 0 spiro atoms. The molecular weight excluding hydrogens is 218 g/mol. The molecule has 0 bridgehead atoms. The van der Waals surface area contributed by atoms with Crippen molar-refractivity contribution in [2.45, 2.75) is 19.9 Å². The van der Waals surface area contributed by atoms with E-state index in [4.69, 9.17) is 16.7 Å². The third-order valence-corrected chi connectivity index (χ3v) is 2.26. The summed E-state index contributed by atoms with van der Waals surface area (Å²) in [5, 5.41) is 8.84. The highest BCUT2D eigenvalue weighted by atomic mass is 16.1. The summed E-state index contributed by atoms with van der Waals surface area (Å²) in [5.74, 6) is 0.0698. The standard InChI is InChI=1S/C11H15N5O/c1-7(2)16(6-10(14)17)11-4-3-8(13)9(5-12)15-11/h3-4,7H,6,13H2,1-2H3,(H2,14,17). The highest BCUT2D eigenvalue weighted by Gasteiger charge is 2.15. The van der Waals surface area contributed by atoms with Crippen molar-refractivity contribution >= 4 is 17.4 Å². The van der Waals surface area contributed by atoms with Crippen LogP contribution in [0.25, 0.3) is 0 Å². The summed E-state index contributed by atoms with van der Waals surface area (Å²) >= 11 is 0. The molecule has 1 aromatic rings. The summed E-state index contributed by atoms with van der Waals surface area (Å²) in [6.45, 7) is 3.87. The molecule has 4 N–H and O–H groups in total. The number of primary amides is 1. The SMILES string of the molecule is CC(C)N(CC(N)=O)c1ccc(N)c(C#N)n1. The van der Waals surface area contributed by atoms with Crippen LogP contribution >= 0.6 is 0 Å². The Morgan fingerprint density at radius 2 is 2.24 bits per heavy atom. The summed E-state index contributed by atoms with van der Waals surface area (Å²) in [5.41, 5.74) is 11.2. The molecule has 0 saturated heterocycles. The van der Waals surface area contributed by atoms with Gasteiger partial charge in [0, 0.05) is 6.04 Å². The summed E-state index contributed by atoms with van der Waals surface area (Å²) in [6, 6.07) is 5.21. The van der Waals surface area contributed by atoms with Gasteiger partial charge in [0.2, 0.25) is 5.91 Å². The van der Waals surface area contributed by atoms with Crippen molar-refractivity contribution in [3.05, 3.63) is 17.8 Å². The van der Waals surface area contributed by atoms with Gasteiger partial charge in [0.05, 0.1) is 12.2 Å². The molecule has 1 amide bonds. The third-order valence-electron chi connectivity index (χ3n) is 2.26. The van der Waals surface area contributed by atoms with Gasteiger partial charge >= 0.3 is 0 Å². The van der Waals surface area contributed by atoms with Gasteiger partial charge < -0.3 is 16.4 Å². The monoisotopic (exact) mass is 233 g/mol. The number of amides is 1. The molecule has 1 aromatic heterocycles. The minimum absolute atomic E-state index is 0.0465. The summed E-state index contributed by atoms with van der Waals surface area (Å²) in [4.78, 5) is 16.8. The molecule has 0 radical (unpaired) electrons. The Kier molecular flexibility index (Phi) is 3.88. The number of aromatic nitrogens is 1. The summed E-state index contributed by atoms with van der Waals surface area (Å²) in [7, 11) is 0. The number of carbonyl (C=O) groups is 1. The fourth-order valence-electron chi connectivity index (χ4n) is 1.41. The minimum atomic E-state index is -0.448. The number of pyridine rings is 1. The van der Waals surface area contributed by atoms with Crippen molar-refractivity contribution in [1.82, 2.24) is 4.98 Å². The van der Waals surface area contributed by atoms with Crippen LogP contribution in [0.1, 0.15) is 19.5 Å². The van der Waals surface area contributed by atoms with Gasteiger partial charge in [-0.3, -0.25) is 4.79 Å². The number of hydrogen-bond donors (Lipinski definition) is 2. The Morgan fingerprint density at radius 3 is 2.71 bits per heavy atom. The second-order valence-corrected chi connectivity index (χ2v) is 3.91. The molecule has 0 fully saturated rings. The second-order valence-electron chi connectivity index (χ2n) is 3.91. The first-order valence-electron chi connectivity index (χ1n) is 5.17. The van der Waals surface area contributed by atoms with Crippen LogP contribution in [0.3, 0.4) is 0 Å². The smallest absolute Gasteiger partial charge is 0.237 e. The molecule has 0 unspecified atom stereocenters. The van der Waals surface area contributed by atoms with Gasteiger partial charge in [-0.2, -0.15) is 5.26 Å². The van der Waals surface area contributed by atoms with Crippen molar-refractivity contribution in [2.75, 3.05) is 17.2 Å². The van der Waals surface area contributed by atoms with E-state index >= 15 is 0 Å². The molecule has 0 aliphatic rings. The maximum Gasteiger partial charge on any atom is 0.237 e. The zero-order chi connectivity index (χ0) is 13.0. The minimum Gasteiger partial charge on any atom is -0.396 e. The van der Waals surface area contributed by atoms with Gasteiger partial charge in [-0.1, -0.05) is 0 Å². The molecule has 1 rings (SSSR count). The van der Waals surface area contributed by atoms with Gasteiger partial charge in [-0.05, 0) is 26.0 Å². The highest BCUT2D eigenvalue weighted by Crippen LogP contribution is 2.18. The van der Waals surface area contributed by atoms with E-state index in [1.165, 1.54) is 0 Å². The van der Waals surface area contributed by atoms with E-state index in [-0.39, 0.29) is 18.3 Å². The summed E-state index contributed by atoms with van der Waals surface area (Å²) < 4.78 is 0. The number of carbonyl (C=O) groups excluding carboxylic acids is 1. The van der Waals surface area contributed by atoms with Crippen molar-refractivity contribution in [3.63, 3.8) is 0 Å².